The first kappa shape index (κ1) is 14.4. The second-order valence-electron chi connectivity index (χ2n) is 5.43. The minimum absolute atomic E-state index is 0.365. The lowest BCUT2D eigenvalue weighted by Crippen LogP contribution is -2.28. The molecule has 0 atom stereocenters. The Balaban J connectivity index is 1.98. The van der Waals surface area contributed by atoms with Crippen LogP contribution in [0.15, 0.2) is 42.7 Å². The van der Waals surface area contributed by atoms with Gasteiger partial charge in [0.05, 0.1) is 12.2 Å². The highest BCUT2D eigenvalue weighted by Gasteiger charge is 2.24. The van der Waals surface area contributed by atoms with Crippen molar-refractivity contribution in [3.63, 3.8) is 0 Å². The smallest absolute Gasteiger partial charge is 0.134 e. The zero-order valence-corrected chi connectivity index (χ0v) is 13.0. The largest absolute Gasteiger partial charge is 0.309 e. The molecule has 6 heteroatoms. The summed E-state index contributed by atoms with van der Waals surface area (Å²) in [6, 6.07) is 8.54. The summed E-state index contributed by atoms with van der Waals surface area (Å²) in [6.45, 7) is 2.33. The molecular formula is C17H14ClFN4. The molecule has 0 amide bonds. The molecule has 23 heavy (non-hydrogen) atoms. The highest BCUT2D eigenvalue weighted by atomic mass is 35.5. The molecule has 0 fully saturated rings. The molecule has 2 aromatic heterocycles. The van der Waals surface area contributed by atoms with E-state index in [1.54, 1.807) is 24.5 Å². The summed E-state index contributed by atoms with van der Waals surface area (Å²) in [7, 11) is 0. The molecule has 4 nitrogen and oxygen atoms in total. The first-order valence-electron chi connectivity index (χ1n) is 7.40. The van der Waals surface area contributed by atoms with Crippen molar-refractivity contribution in [1.82, 2.24) is 20.1 Å². The van der Waals surface area contributed by atoms with Gasteiger partial charge in [-0.25, -0.2) is 4.39 Å². The molecule has 3 heterocycles. The van der Waals surface area contributed by atoms with Crippen molar-refractivity contribution in [3.8, 4) is 22.4 Å². The summed E-state index contributed by atoms with van der Waals surface area (Å²) in [5, 5.41) is 8.39. The second kappa shape index (κ2) is 5.76. The van der Waals surface area contributed by atoms with Gasteiger partial charge in [-0.2, -0.15) is 5.10 Å². The van der Waals surface area contributed by atoms with E-state index in [9.17, 15) is 4.39 Å². The number of fused-ring (bicyclic) bond motifs is 1. The minimum atomic E-state index is -0.365. The van der Waals surface area contributed by atoms with Gasteiger partial charge in [-0.15, -0.1) is 0 Å². The maximum atomic E-state index is 14.4. The molecular weight excluding hydrogens is 315 g/mol. The van der Waals surface area contributed by atoms with Crippen molar-refractivity contribution < 1.29 is 4.39 Å². The van der Waals surface area contributed by atoms with E-state index in [4.69, 9.17) is 11.6 Å². The van der Waals surface area contributed by atoms with Crippen LogP contribution in [0.25, 0.3) is 22.4 Å². The maximum absolute atomic E-state index is 14.4. The Kier molecular flexibility index (Phi) is 3.59. The van der Waals surface area contributed by atoms with Gasteiger partial charge >= 0.3 is 0 Å². The maximum Gasteiger partial charge on any atom is 0.134 e. The lowest BCUT2D eigenvalue weighted by Gasteiger charge is -2.16. The van der Waals surface area contributed by atoms with Crippen LogP contribution >= 0.6 is 11.6 Å². The van der Waals surface area contributed by atoms with Crippen molar-refractivity contribution in [2.75, 3.05) is 6.54 Å². The van der Waals surface area contributed by atoms with E-state index in [1.165, 1.54) is 6.07 Å². The van der Waals surface area contributed by atoms with E-state index in [0.717, 1.165) is 29.9 Å². The highest BCUT2D eigenvalue weighted by molar-refractivity contribution is 6.30. The monoisotopic (exact) mass is 328 g/mol. The predicted octanol–water partition coefficient (Wildman–Crippen LogP) is 3.51. The van der Waals surface area contributed by atoms with Crippen molar-refractivity contribution in [3.05, 3.63) is 59.3 Å². The Morgan fingerprint density at radius 1 is 1.17 bits per heavy atom. The summed E-state index contributed by atoms with van der Waals surface area (Å²) < 4.78 is 16.4. The van der Waals surface area contributed by atoms with Crippen LogP contribution in [-0.2, 0) is 13.1 Å². The van der Waals surface area contributed by atoms with Gasteiger partial charge in [0.2, 0.25) is 0 Å². The Morgan fingerprint density at radius 3 is 2.78 bits per heavy atom. The summed E-state index contributed by atoms with van der Waals surface area (Å²) in [6.07, 6.45) is 3.47. The van der Waals surface area contributed by atoms with Crippen LogP contribution < -0.4 is 5.32 Å². The summed E-state index contributed by atoms with van der Waals surface area (Å²) in [5.41, 5.74) is 4.09. The van der Waals surface area contributed by atoms with Gasteiger partial charge in [-0.05, 0) is 35.9 Å². The van der Waals surface area contributed by atoms with Crippen LogP contribution in [0.3, 0.4) is 0 Å². The molecule has 0 saturated heterocycles. The fraction of sp³-hybridized carbons (Fsp3) is 0.176. The van der Waals surface area contributed by atoms with E-state index >= 15 is 0 Å². The van der Waals surface area contributed by atoms with Gasteiger partial charge in [-0.1, -0.05) is 11.6 Å². The number of rotatable bonds is 2. The van der Waals surface area contributed by atoms with Crippen LogP contribution in [-0.4, -0.2) is 21.3 Å². The first-order valence-corrected chi connectivity index (χ1v) is 7.78. The second-order valence-corrected chi connectivity index (χ2v) is 5.87. The SMILES string of the molecule is Fc1cc(Cl)ccc1-c1nn2c(c1-c1ccncc1)CNCC2. The van der Waals surface area contributed by atoms with E-state index in [0.29, 0.717) is 22.8 Å². The van der Waals surface area contributed by atoms with E-state index in [2.05, 4.69) is 15.4 Å². The highest BCUT2D eigenvalue weighted by Crippen LogP contribution is 2.36. The number of halogens is 2. The third-order valence-corrected chi connectivity index (χ3v) is 4.24. The average molecular weight is 329 g/mol. The van der Waals surface area contributed by atoms with Crippen LogP contribution in [0.1, 0.15) is 5.69 Å². The van der Waals surface area contributed by atoms with Gasteiger partial charge in [0.25, 0.3) is 0 Å². The zero-order chi connectivity index (χ0) is 15.8. The minimum Gasteiger partial charge on any atom is -0.309 e. The molecule has 1 N–H and O–H groups in total. The van der Waals surface area contributed by atoms with Crippen LogP contribution in [0.4, 0.5) is 4.39 Å². The Labute approximate surface area is 137 Å². The normalized spacial score (nSPS) is 13.8. The fourth-order valence-electron chi connectivity index (χ4n) is 2.95. The summed E-state index contributed by atoms with van der Waals surface area (Å²) in [4.78, 5) is 4.06. The van der Waals surface area contributed by atoms with Gasteiger partial charge in [-0.3, -0.25) is 9.67 Å². The van der Waals surface area contributed by atoms with Crippen molar-refractivity contribution >= 4 is 11.6 Å². The van der Waals surface area contributed by atoms with Gasteiger partial charge in [0.1, 0.15) is 11.5 Å². The molecule has 0 unspecified atom stereocenters. The molecule has 0 bridgehead atoms. The number of hydrogen-bond acceptors (Lipinski definition) is 3. The van der Waals surface area contributed by atoms with Crippen molar-refractivity contribution in [1.29, 1.82) is 0 Å². The third-order valence-electron chi connectivity index (χ3n) is 4.01. The number of nitrogens with one attached hydrogen (secondary N) is 1. The van der Waals surface area contributed by atoms with E-state index in [-0.39, 0.29) is 5.82 Å². The topological polar surface area (TPSA) is 42.7 Å². The molecule has 1 aliphatic heterocycles. The van der Waals surface area contributed by atoms with Gasteiger partial charge in [0, 0.05) is 41.6 Å². The third kappa shape index (κ3) is 2.52. The lowest BCUT2D eigenvalue weighted by molar-refractivity contribution is 0.477. The molecule has 4 rings (SSSR count). The fourth-order valence-corrected chi connectivity index (χ4v) is 3.10. The summed E-state index contributed by atoms with van der Waals surface area (Å²) in [5.74, 6) is -0.365. The number of benzene rings is 1. The molecule has 0 aliphatic carbocycles. The molecule has 0 saturated carbocycles. The zero-order valence-electron chi connectivity index (χ0n) is 12.3. The average Bonchev–Trinajstić information content (AvgIpc) is 2.94. The molecule has 1 aliphatic rings. The first-order chi connectivity index (χ1) is 11.2. The van der Waals surface area contributed by atoms with Crippen LogP contribution in [0.5, 0.6) is 0 Å². The Bertz CT molecular complexity index is 861. The van der Waals surface area contributed by atoms with Crippen LogP contribution in [0, 0.1) is 5.82 Å². The molecule has 1 aromatic carbocycles. The standard InChI is InChI=1S/C17H14ClFN4/c18-12-1-2-13(14(19)9-12)17-16(11-3-5-20-6-4-11)15-10-21-7-8-23(15)22-17/h1-6,9,21H,7-8,10H2. The summed E-state index contributed by atoms with van der Waals surface area (Å²) >= 11 is 5.88. The lowest BCUT2D eigenvalue weighted by atomic mass is 9.99. The van der Waals surface area contributed by atoms with Crippen molar-refractivity contribution in [2.45, 2.75) is 13.1 Å². The Morgan fingerprint density at radius 2 is 2.00 bits per heavy atom. The number of nitrogens with zero attached hydrogens (tertiary/aromatic N) is 3. The molecule has 3 aromatic rings. The quantitative estimate of drug-likeness (QED) is 0.783. The van der Waals surface area contributed by atoms with Gasteiger partial charge < -0.3 is 5.32 Å². The predicted molar refractivity (Wildman–Crippen MR) is 87.6 cm³/mol. The number of aromatic nitrogens is 3. The number of hydrogen-bond donors (Lipinski definition) is 1. The molecule has 0 radical (unpaired) electrons. The van der Waals surface area contributed by atoms with E-state index < -0.39 is 0 Å². The van der Waals surface area contributed by atoms with Gasteiger partial charge in [0.15, 0.2) is 0 Å². The van der Waals surface area contributed by atoms with Crippen LogP contribution in [0.2, 0.25) is 5.02 Å². The van der Waals surface area contributed by atoms with Crippen molar-refractivity contribution in [2.24, 2.45) is 0 Å². The number of pyridine rings is 1. The Hall–Kier alpha value is -2.24. The molecule has 0 spiro atoms. The van der Waals surface area contributed by atoms with E-state index in [1.807, 2.05) is 16.8 Å². The molecule has 116 valence electrons.